The molecule has 5 nitrogen and oxygen atoms in total. The van der Waals surface area contributed by atoms with Crippen LogP contribution in [0.5, 0.6) is 0 Å². The summed E-state index contributed by atoms with van der Waals surface area (Å²) in [5, 5.41) is 1.90. The fourth-order valence-corrected chi connectivity index (χ4v) is 7.55. The van der Waals surface area contributed by atoms with Crippen molar-refractivity contribution in [3.05, 3.63) is 20.8 Å². The Labute approximate surface area is 180 Å². The van der Waals surface area contributed by atoms with Gasteiger partial charge in [0.05, 0.1) is 18.6 Å². The Kier molecular flexibility index (Phi) is 6.01. The molecule has 0 spiro atoms. The first-order valence-electron chi connectivity index (χ1n) is 11.2. The highest BCUT2D eigenvalue weighted by Crippen LogP contribution is 2.38. The SMILES string of the molecule is C[C@H]1CCc2c(sc3nc(SCCN4CCOCC4)n(C4CCCC4)c(=O)c23)C1. The number of morpholine rings is 1. The summed E-state index contributed by atoms with van der Waals surface area (Å²) in [5.74, 6) is 1.70. The van der Waals surface area contributed by atoms with E-state index < -0.39 is 0 Å². The minimum Gasteiger partial charge on any atom is -0.379 e. The van der Waals surface area contributed by atoms with E-state index in [0.717, 1.165) is 85.6 Å². The molecule has 0 N–H and O–H groups in total. The Morgan fingerprint density at radius 1 is 1.21 bits per heavy atom. The molecule has 2 fully saturated rings. The van der Waals surface area contributed by atoms with E-state index in [4.69, 9.17) is 9.72 Å². The standard InChI is InChI=1S/C22H31N3O2S2/c1-15-6-7-17-18(14-15)29-20-19(17)21(26)25(16-4-2-3-5-16)22(23-20)28-13-10-24-8-11-27-12-9-24/h15-16H,2-14H2,1H3/t15-/m0/s1. The molecule has 2 aliphatic carbocycles. The van der Waals surface area contributed by atoms with E-state index in [9.17, 15) is 4.79 Å². The predicted octanol–water partition coefficient (Wildman–Crippen LogP) is 4.12. The van der Waals surface area contributed by atoms with E-state index in [1.165, 1.54) is 29.7 Å². The van der Waals surface area contributed by atoms with Gasteiger partial charge in [0.1, 0.15) is 4.83 Å². The minimum absolute atomic E-state index is 0.239. The van der Waals surface area contributed by atoms with Gasteiger partial charge in [-0.15, -0.1) is 11.3 Å². The van der Waals surface area contributed by atoms with Gasteiger partial charge in [-0.25, -0.2) is 4.98 Å². The van der Waals surface area contributed by atoms with Crippen LogP contribution in [0, 0.1) is 5.92 Å². The van der Waals surface area contributed by atoms with E-state index in [-0.39, 0.29) is 5.56 Å². The molecule has 29 heavy (non-hydrogen) atoms. The molecule has 7 heteroatoms. The maximum absolute atomic E-state index is 13.7. The first-order chi connectivity index (χ1) is 14.2. The van der Waals surface area contributed by atoms with Crippen LogP contribution in [0.25, 0.3) is 10.2 Å². The molecule has 2 aromatic heterocycles. The van der Waals surface area contributed by atoms with Crippen molar-refractivity contribution in [3.8, 4) is 0 Å². The third-order valence-electron chi connectivity index (χ3n) is 6.76. The molecule has 1 saturated carbocycles. The highest BCUT2D eigenvalue weighted by Gasteiger charge is 2.28. The first kappa shape index (κ1) is 20.0. The summed E-state index contributed by atoms with van der Waals surface area (Å²) in [4.78, 5) is 23.7. The summed E-state index contributed by atoms with van der Waals surface area (Å²) in [6.45, 7) is 7.05. The Bertz CT molecular complexity index is 926. The molecule has 3 aliphatic rings. The van der Waals surface area contributed by atoms with E-state index in [1.807, 2.05) is 0 Å². The van der Waals surface area contributed by atoms with Gasteiger partial charge in [0.15, 0.2) is 5.16 Å². The maximum Gasteiger partial charge on any atom is 0.263 e. The molecular formula is C22H31N3O2S2. The summed E-state index contributed by atoms with van der Waals surface area (Å²) in [6, 6.07) is 0.336. The number of aryl methyl sites for hydroxylation is 1. The van der Waals surface area contributed by atoms with Crippen LogP contribution in [-0.2, 0) is 17.6 Å². The van der Waals surface area contributed by atoms with Crippen molar-refractivity contribution >= 4 is 33.3 Å². The molecule has 2 aromatic rings. The largest absolute Gasteiger partial charge is 0.379 e. The zero-order valence-corrected chi connectivity index (χ0v) is 19.0. The highest BCUT2D eigenvalue weighted by molar-refractivity contribution is 7.99. The monoisotopic (exact) mass is 433 g/mol. The molecular weight excluding hydrogens is 402 g/mol. The lowest BCUT2D eigenvalue weighted by atomic mass is 9.89. The molecule has 1 atom stereocenters. The number of aromatic nitrogens is 2. The smallest absolute Gasteiger partial charge is 0.263 e. The Balaban J connectivity index is 1.47. The Morgan fingerprint density at radius 3 is 2.79 bits per heavy atom. The van der Waals surface area contributed by atoms with Gasteiger partial charge in [0, 0.05) is 36.3 Å². The summed E-state index contributed by atoms with van der Waals surface area (Å²) >= 11 is 3.56. The van der Waals surface area contributed by atoms with Crippen molar-refractivity contribution < 1.29 is 4.74 Å². The Hall–Kier alpha value is -0.890. The number of hydrogen-bond acceptors (Lipinski definition) is 6. The third-order valence-corrected chi connectivity index (χ3v) is 8.84. The first-order valence-corrected chi connectivity index (χ1v) is 13.0. The van der Waals surface area contributed by atoms with Crippen LogP contribution in [-0.4, -0.2) is 53.1 Å². The van der Waals surface area contributed by atoms with Crippen LogP contribution in [0.1, 0.15) is 55.5 Å². The zero-order valence-electron chi connectivity index (χ0n) is 17.3. The van der Waals surface area contributed by atoms with E-state index in [0.29, 0.717) is 6.04 Å². The van der Waals surface area contributed by atoms with Gasteiger partial charge in [0.2, 0.25) is 0 Å². The van der Waals surface area contributed by atoms with Gasteiger partial charge in [-0.2, -0.15) is 0 Å². The molecule has 0 amide bonds. The number of nitrogens with zero attached hydrogens (tertiary/aromatic N) is 3. The van der Waals surface area contributed by atoms with Gasteiger partial charge in [-0.05, 0) is 43.6 Å². The lowest BCUT2D eigenvalue weighted by molar-refractivity contribution is 0.0410. The second kappa shape index (κ2) is 8.69. The molecule has 1 saturated heterocycles. The van der Waals surface area contributed by atoms with Crippen molar-refractivity contribution in [2.24, 2.45) is 5.92 Å². The van der Waals surface area contributed by atoms with E-state index >= 15 is 0 Å². The van der Waals surface area contributed by atoms with Crippen LogP contribution < -0.4 is 5.56 Å². The van der Waals surface area contributed by atoms with Gasteiger partial charge in [-0.1, -0.05) is 31.5 Å². The van der Waals surface area contributed by atoms with E-state index in [2.05, 4.69) is 16.4 Å². The normalized spacial score (nSPS) is 23.7. The third kappa shape index (κ3) is 4.03. The van der Waals surface area contributed by atoms with Crippen molar-refractivity contribution in [3.63, 3.8) is 0 Å². The number of hydrogen-bond donors (Lipinski definition) is 0. The fraction of sp³-hybridized carbons (Fsp3) is 0.727. The molecule has 0 radical (unpaired) electrons. The quantitative estimate of drug-likeness (QED) is 0.524. The number of rotatable bonds is 5. The maximum atomic E-state index is 13.7. The average Bonchev–Trinajstić information content (AvgIpc) is 3.36. The number of ether oxygens (including phenoxy) is 1. The fourth-order valence-electron chi connectivity index (χ4n) is 5.06. The van der Waals surface area contributed by atoms with Gasteiger partial charge < -0.3 is 4.74 Å². The zero-order chi connectivity index (χ0) is 19.8. The molecule has 5 rings (SSSR count). The summed E-state index contributed by atoms with van der Waals surface area (Å²) in [7, 11) is 0. The topological polar surface area (TPSA) is 47.4 Å². The van der Waals surface area contributed by atoms with Gasteiger partial charge in [0.25, 0.3) is 5.56 Å². The Morgan fingerprint density at radius 2 is 2.00 bits per heavy atom. The number of thioether (sulfide) groups is 1. The van der Waals surface area contributed by atoms with Gasteiger partial charge in [-0.3, -0.25) is 14.3 Å². The molecule has 0 unspecified atom stereocenters. The molecule has 1 aliphatic heterocycles. The summed E-state index contributed by atoms with van der Waals surface area (Å²) in [5.41, 5.74) is 1.56. The highest BCUT2D eigenvalue weighted by atomic mass is 32.2. The molecule has 0 bridgehead atoms. The molecule has 158 valence electrons. The van der Waals surface area contributed by atoms with Crippen molar-refractivity contribution in [1.82, 2.24) is 14.5 Å². The second-order valence-electron chi connectivity index (χ2n) is 8.84. The van der Waals surface area contributed by atoms with E-state index in [1.54, 1.807) is 23.1 Å². The van der Waals surface area contributed by atoms with Crippen LogP contribution >= 0.6 is 23.1 Å². The number of fused-ring (bicyclic) bond motifs is 3. The summed E-state index contributed by atoms with van der Waals surface area (Å²) in [6.07, 6.45) is 8.04. The van der Waals surface area contributed by atoms with Gasteiger partial charge >= 0.3 is 0 Å². The molecule has 3 heterocycles. The summed E-state index contributed by atoms with van der Waals surface area (Å²) < 4.78 is 7.54. The van der Waals surface area contributed by atoms with Crippen LogP contribution in [0.2, 0.25) is 0 Å². The predicted molar refractivity (Wildman–Crippen MR) is 121 cm³/mol. The van der Waals surface area contributed by atoms with Crippen LogP contribution in [0.3, 0.4) is 0 Å². The lowest BCUT2D eigenvalue weighted by Gasteiger charge is -2.26. The minimum atomic E-state index is 0.239. The van der Waals surface area contributed by atoms with Crippen molar-refractivity contribution in [2.45, 2.75) is 63.1 Å². The van der Waals surface area contributed by atoms with Crippen LogP contribution in [0.15, 0.2) is 9.95 Å². The van der Waals surface area contributed by atoms with Crippen LogP contribution in [0.4, 0.5) is 0 Å². The number of thiophene rings is 1. The van der Waals surface area contributed by atoms with Crippen molar-refractivity contribution in [2.75, 3.05) is 38.6 Å². The average molecular weight is 434 g/mol. The molecule has 0 aromatic carbocycles. The van der Waals surface area contributed by atoms with Crippen molar-refractivity contribution in [1.29, 1.82) is 0 Å². The second-order valence-corrected chi connectivity index (χ2v) is 11.0. The lowest BCUT2D eigenvalue weighted by Crippen LogP contribution is -2.37.